The fourth-order valence-corrected chi connectivity index (χ4v) is 3.43. The first-order valence-corrected chi connectivity index (χ1v) is 6.85. The van der Waals surface area contributed by atoms with Crippen molar-refractivity contribution >= 4 is 0 Å². The van der Waals surface area contributed by atoms with Crippen LogP contribution in [0.15, 0.2) is 0 Å². The zero-order valence-electron chi connectivity index (χ0n) is 10.7. The number of likely N-dealkylation sites (tertiary alicyclic amines) is 1. The number of halogens is 3. The highest BCUT2D eigenvalue weighted by molar-refractivity contribution is 4.89. The molecule has 1 saturated heterocycles. The lowest BCUT2D eigenvalue weighted by atomic mass is 9.85. The van der Waals surface area contributed by atoms with E-state index in [1.54, 1.807) is 0 Å². The average Bonchev–Trinajstić information content (AvgIpc) is 2.77. The molecule has 106 valence electrons. The topological polar surface area (TPSA) is 23.5 Å². The van der Waals surface area contributed by atoms with Gasteiger partial charge in [-0.15, -0.1) is 0 Å². The highest BCUT2D eigenvalue weighted by Gasteiger charge is 2.43. The fraction of sp³-hybridized carbons (Fsp3) is 1.00. The monoisotopic (exact) mass is 265 g/mol. The van der Waals surface area contributed by atoms with E-state index < -0.39 is 12.1 Å². The molecular formula is C13H22F3NO. The number of hydrogen-bond donors (Lipinski definition) is 1. The Morgan fingerprint density at radius 2 is 1.83 bits per heavy atom. The lowest BCUT2D eigenvalue weighted by Crippen LogP contribution is -2.46. The van der Waals surface area contributed by atoms with Gasteiger partial charge in [0.2, 0.25) is 0 Å². The Morgan fingerprint density at radius 1 is 1.17 bits per heavy atom. The van der Waals surface area contributed by atoms with Crippen LogP contribution in [0.3, 0.4) is 0 Å². The molecule has 1 atom stereocenters. The predicted octanol–water partition coefficient (Wildman–Crippen LogP) is 2.81. The van der Waals surface area contributed by atoms with Crippen LogP contribution in [0.5, 0.6) is 0 Å². The Morgan fingerprint density at radius 3 is 2.39 bits per heavy atom. The van der Waals surface area contributed by atoms with Gasteiger partial charge >= 0.3 is 6.18 Å². The van der Waals surface area contributed by atoms with Crippen molar-refractivity contribution in [2.45, 2.75) is 44.7 Å². The predicted molar refractivity (Wildman–Crippen MR) is 63.2 cm³/mol. The van der Waals surface area contributed by atoms with Crippen LogP contribution in [0.25, 0.3) is 0 Å². The molecule has 0 aromatic rings. The lowest BCUT2D eigenvalue weighted by molar-refractivity contribution is -0.188. The van der Waals surface area contributed by atoms with E-state index in [-0.39, 0.29) is 25.0 Å². The summed E-state index contributed by atoms with van der Waals surface area (Å²) >= 11 is 0. The number of rotatable bonds is 3. The van der Waals surface area contributed by atoms with Crippen molar-refractivity contribution < 1.29 is 18.3 Å². The number of nitrogens with zero attached hydrogens (tertiary/aromatic N) is 1. The first-order chi connectivity index (χ1) is 8.45. The van der Waals surface area contributed by atoms with Crippen molar-refractivity contribution in [2.24, 2.45) is 11.3 Å². The van der Waals surface area contributed by atoms with Crippen LogP contribution in [-0.4, -0.2) is 42.4 Å². The van der Waals surface area contributed by atoms with E-state index in [9.17, 15) is 18.3 Å². The minimum atomic E-state index is -4.07. The van der Waals surface area contributed by atoms with Crippen LogP contribution in [-0.2, 0) is 0 Å². The molecule has 1 saturated carbocycles. The van der Waals surface area contributed by atoms with Gasteiger partial charge in [0.1, 0.15) is 0 Å². The van der Waals surface area contributed by atoms with Gasteiger partial charge in [0.25, 0.3) is 0 Å². The van der Waals surface area contributed by atoms with Crippen LogP contribution in [0, 0.1) is 11.3 Å². The van der Waals surface area contributed by atoms with E-state index in [0.717, 1.165) is 32.2 Å². The van der Waals surface area contributed by atoms with Crippen LogP contribution < -0.4 is 0 Å². The molecule has 0 aromatic carbocycles. The van der Waals surface area contributed by atoms with Gasteiger partial charge in [0.05, 0.1) is 5.92 Å². The fourth-order valence-electron chi connectivity index (χ4n) is 3.43. The molecule has 5 heteroatoms. The van der Waals surface area contributed by atoms with Gasteiger partial charge in [-0.3, -0.25) is 0 Å². The number of aliphatic hydroxyl groups excluding tert-OH is 1. The number of alkyl halides is 3. The third-order valence-electron chi connectivity index (χ3n) is 4.53. The van der Waals surface area contributed by atoms with Crippen molar-refractivity contribution in [1.82, 2.24) is 4.90 Å². The Hall–Kier alpha value is -0.290. The van der Waals surface area contributed by atoms with Crippen molar-refractivity contribution in [2.75, 3.05) is 26.2 Å². The van der Waals surface area contributed by atoms with Crippen LogP contribution in [0.1, 0.15) is 38.5 Å². The molecule has 1 N–H and O–H groups in total. The van der Waals surface area contributed by atoms with Crippen LogP contribution in [0.2, 0.25) is 0 Å². The summed E-state index contributed by atoms with van der Waals surface area (Å²) in [5.74, 6) is -1.18. The molecule has 2 nitrogen and oxygen atoms in total. The Labute approximate surface area is 106 Å². The molecule has 1 aliphatic carbocycles. The molecule has 2 aliphatic rings. The SMILES string of the molecule is OCC1(CN2CCCC(C(F)(F)F)C2)CCCC1. The largest absolute Gasteiger partial charge is 0.396 e. The van der Waals surface area contributed by atoms with Gasteiger partial charge in [0.15, 0.2) is 0 Å². The molecule has 2 rings (SSSR count). The number of aliphatic hydroxyl groups is 1. The Balaban J connectivity index is 1.93. The second-order valence-corrected chi connectivity index (χ2v) is 5.98. The summed E-state index contributed by atoms with van der Waals surface area (Å²) < 4.78 is 38.2. The molecule has 0 radical (unpaired) electrons. The lowest BCUT2D eigenvalue weighted by Gasteiger charge is -2.39. The van der Waals surface area contributed by atoms with Crippen molar-refractivity contribution in [3.8, 4) is 0 Å². The smallest absolute Gasteiger partial charge is 0.393 e. The maximum absolute atomic E-state index is 12.7. The van der Waals surface area contributed by atoms with Gasteiger partial charge in [-0.1, -0.05) is 12.8 Å². The van der Waals surface area contributed by atoms with Gasteiger partial charge in [-0.2, -0.15) is 13.2 Å². The van der Waals surface area contributed by atoms with Crippen molar-refractivity contribution in [3.63, 3.8) is 0 Å². The second-order valence-electron chi connectivity index (χ2n) is 5.98. The number of piperidine rings is 1. The highest BCUT2D eigenvalue weighted by Crippen LogP contribution is 2.40. The first-order valence-electron chi connectivity index (χ1n) is 6.85. The van der Waals surface area contributed by atoms with Gasteiger partial charge in [-0.25, -0.2) is 0 Å². The van der Waals surface area contributed by atoms with E-state index >= 15 is 0 Å². The summed E-state index contributed by atoms with van der Waals surface area (Å²) in [6.45, 7) is 1.61. The molecule has 0 spiro atoms. The van der Waals surface area contributed by atoms with Crippen molar-refractivity contribution in [1.29, 1.82) is 0 Å². The first kappa shape index (κ1) is 14.1. The maximum Gasteiger partial charge on any atom is 0.393 e. The third-order valence-corrected chi connectivity index (χ3v) is 4.53. The minimum Gasteiger partial charge on any atom is -0.396 e. The summed E-state index contributed by atoms with van der Waals surface area (Å²) in [6.07, 6.45) is 0.903. The summed E-state index contributed by atoms with van der Waals surface area (Å²) in [7, 11) is 0. The maximum atomic E-state index is 12.7. The molecule has 0 aromatic heterocycles. The van der Waals surface area contributed by atoms with Crippen molar-refractivity contribution in [3.05, 3.63) is 0 Å². The summed E-state index contributed by atoms with van der Waals surface area (Å²) in [5.41, 5.74) is -0.131. The van der Waals surface area contributed by atoms with Crippen LogP contribution >= 0.6 is 0 Å². The van der Waals surface area contributed by atoms with E-state index in [0.29, 0.717) is 13.0 Å². The third kappa shape index (κ3) is 3.18. The van der Waals surface area contributed by atoms with E-state index in [4.69, 9.17) is 0 Å². The molecule has 18 heavy (non-hydrogen) atoms. The zero-order chi connectivity index (χ0) is 13.2. The normalized spacial score (nSPS) is 29.7. The molecule has 1 aliphatic heterocycles. The zero-order valence-corrected chi connectivity index (χ0v) is 10.7. The highest BCUT2D eigenvalue weighted by atomic mass is 19.4. The van der Waals surface area contributed by atoms with Gasteiger partial charge < -0.3 is 10.0 Å². The van der Waals surface area contributed by atoms with Gasteiger partial charge in [-0.05, 0) is 32.2 Å². The summed E-state index contributed by atoms with van der Waals surface area (Å²) in [4.78, 5) is 1.92. The van der Waals surface area contributed by atoms with E-state index in [1.165, 1.54) is 0 Å². The van der Waals surface area contributed by atoms with Crippen LogP contribution in [0.4, 0.5) is 13.2 Å². The molecular weight excluding hydrogens is 243 g/mol. The molecule has 0 bridgehead atoms. The minimum absolute atomic E-state index is 0.111. The van der Waals surface area contributed by atoms with E-state index in [2.05, 4.69) is 0 Å². The molecule has 1 unspecified atom stereocenters. The molecule has 0 amide bonds. The van der Waals surface area contributed by atoms with E-state index in [1.807, 2.05) is 4.90 Å². The summed E-state index contributed by atoms with van der Waals surface area (Å²) in [6, 6.07) is 0. The quantitative estimate of drug-likeness (QED) is 0.848. The molecule has 2 fully saturated rings. The average molecular weight is 265 g/mol. The van der Waals surface area contributed by atoms with Gasteiger partial charge in [0, 0.05) is 25.1 Å². The second kappa shape index (κ2) is 5.37. The number of hydrogen-bond acceptors (Lipinski definition) is 2. The Kier molecular flexibility index (Phi) is 4.22. The summed E-state index contributed by atoms with van der Waals surface area (Å²) in [5, 5.41) is 9.52. The standard InChI is InChI=1S/C13H22F3NO/c14-13(15,16)11-4-3-7-17(8-11)9-12(10-18)5-1-2-6-12/h11,18H,1-10H2. The Bertz CT molecular complexity index is 274. The molecule has 1 heterocycles.